The third-order valence-electron chi connectivity index (χ3n) is 3.88. The van der Waals surface area contributed by atoms with Crippen molar-refractivity contribution in [3.63, 3.8) is 0 Å². The number of rotatable bonds is 5. The number of anilines is 2. The number of urea groups is 1. The second-order valence-corrected chi connectivity index (χ2v) is 6.37. The number of carbonyl (C=O) groups is 1. The summed E-state index contributed by atoms with van der Waals surface area (Å²) in [6, 6.07) is 20.2. The van der Waals surface area contributed by atoms with Crippen LogP contribution in [0, 0.1) is 17.9 Å². The number of ether oxygens (including phenoxy) is 1. The number of carbonyl (C=O) groups excluding carboxylic acids is 1. The van der Waals surface area contributed by atoms with Gasteiger partial charge in [0.25, 0.3) is 0 Å². The molecular weight excluding hydrogens is 388 g/mol. The standard InChI is InChI=1S/C22H15ClN4O2/c1-25-16-6-9-19(10-7-16)29-21-14-18(8-11-20(21)23)27-22(28)26-17-4-2-15(3-5-17)12-13-24/h2-11,14H,12H2,(H2,26,27,28). The van der Waals surface area contributed by atoms with Crippen molar-refractivity contribution < 1.29 is 9.53 Å². The van der Waals surface area contributed by atoms with E-state index in [1.807, 2.05) is 0 Å². The zero-order chi connectivity index (χ0) is 20.6. The molecule has 0 atom stereocenters. The van der Waals surface area contributed by atoms with Crippen LogP contribution in [0.3, 0.4) is 0 Å². The zero-order valence-corrected chi connectivity index (χ0v) is 15.9. The van der Waals surface area contributed by atoms with Crippen LogP contribution < -0.4 is 15.4 Å². The van der Waals surface area contributed by atoms with Crippen LogP contribution in [0.25, 0.3) is 4.85 Å². The van der Waals surface area contributed by atoms with Crippen LogP contribution in [0.5, 0.6) is 11.5 Å². The third-order valence-corrected chi connectivity index (χ3v) is 4.19. The largest absolute Gasteiger partial charge is 0.456 e. The maximum atomic E-state index is 12.2. The van der Waals surface area contributed by atoms with Gasteiger partial charge in [0.1, 0.15) is 11.5 Å². The maximum Gasteiger partial charge on any atom is 0.323 e. The predicted molar refractivity (Wildman–Crippen MR) is 113 cm³/mol. The quantitative estimate of drug-likeness (QED) is 0.485. The lowest BCUT2D eigenvalue weighted by molar-refractivity contribution is 0.262. The monoisotopic (exact) mass is 402 g/mol. The van der Waals surface area contributed by atoms with Crippen molar-refractivity contribution in [3.05, 3.63) is 88.7 Å². The molecule has 142 valence electrons. The first-order chi connectivity index (χ1) is 14.1. The molecule has 2 amide bonds. The molecule has 29 heavy (non-hydrogen) atoms. The summed E-state index contributed by atoms with van der Waals surface area (Å²) in [4.78, 5) is 15.6. The summed E-state index contributed by atoms with van der Waals surface area (Å²) in [7, 11) is 0. The van der Waals surface area contributed by atoms with Crippen molar-refractivity contribution in [2.75, 3.05) is 10.6 Å². The molecule has 0 aromatic heterocycles. The summed E-state index contributed by atoms with van der Waals surface area (Å²) in [5, 5.41) is 14.5. The summed E-state index contributed by atoms with van der Waals surface area (Å²) in [5.41, 5.74) is 2.49. The molecule has 0 unspecified atom stereocenters. The van der Waals surface area contributed by atoms with E-state index in [4.69, 9.17) is 28.2 Å². The van der Waals surface area contributed by atoms with Gasteiger partial charge in [0.15, 0.2) is 5.69 Å². The highest BCUT2D eigenvalue weighted by molar-refractivity contribution is 6.32. The van der Waals surface area contributed by atoms with Crippen molar-refractivity contribution in [1.82, 2.24) is 0 Å². The molecule has 0 spiro atoms. The van der Waals surface area contributed by atoms with Gasteiger partial charge < -0.3 is 15.4 Å². The number of halogens is 1. The van der Waals surface area contributed by atoms with Gasteiger partial charge in [0.05, 0.1) is 24.1 Å². The topological polar surface area (TPSA) is 78.5 Å². The number of benzene rings is 3. The van der Waals surface area contributed by atoms with Gasteiger partial charge in [-0.2, -0.15) is 5.26 Å². The lowest BCUT2D eigenvalue weighted by atomic mass is 10.1. The number of amides is 2. The fourth-order valence-electron chi connectivity index (χ4n) is 2.47. The van der Waals surface area contributed by atoms with Crippen LogP contribution in [-0.2, 0) is 6.42 Å². The molecule has 0 saturated heterocycles. The maximum absolute atomic E-state index is 12.2. The summed E-state index contributed by atoms with van der Waals surface area (Å²) < 4.78 is 5.75. The van der Waals surface area contributed by atoms with E-state index in [1.54, 1.807) is 66.7 Å². The molecule has 0 bridgehead atoms. The highest BCUT2D eigenvalue weighted by atomic mass is 35.5. The molecule has 0 aliphatic rings. The van der Waals surface area contributed by atoms with Crippen LogP contribution in [0.1, 0.15) is 5.56 Å². The predicted octanol–water partition coefficient (Wildman–Crippen LogP) is 6.39. The molecule has 0 aliphatic carbocycles. The normalized spacial score (nSPS) is 9.76. The van der Waals surface area contributed by atoms with Gasteiger partial charge in [-0.05, 0) is 42.0 Å². The number of nitrogens with one attached hydrogen (secondary N) is 2. The van der Waals surface area contributed by atoms with Gasteiger partial charge in [-0.1, -0.05) is 35.9 Å². The average Bonchev–Trinajstić information content (AvgIpc) is 2.73. The highest BCUT2D eigenvalue weighted by Crippen LogP contribution is 2.32. The minimum atomic E-state index is -0.423. The molecule has 0 fully saturated rings. The Balaban J connectivity index is 1.66. The Morgan fingerprint density at radius 3 is 2.34 bits per heavy atom. The first-order valence-electron chi connectivity index (χ1n) is 8.56. The Hall–Kier alpha value is -4.00. The van der Waals surface area contributed by atoms with Crippen molar-refractivity contribution >= 4 is 34.7 Å². The first-order valence-corrected chi connectivity index (χ1v) is 8.94. The van der Waals surface area contributed by atoms with E-state index in [2.05, 4.69) is 21.5 Å². The average molecular weight is 403 g/mol. The van der Waals surface area contributed by atoms with E-state index in [1.165, 1.54) is 0 Å². The van der Waals surface area contributed by atoms with Crippen molar-refractivity contribution in [3.8, 4) is 17.6 Å². The van der Waals surface area contributed by atoms with Crippen LogP contribution >= 0.6 is 11.6 Å². The third kappa shape index (κ3) is 5.49. The zero-order valence-electron chi connectivity index (χ0n) is 15.1. The Morgan fingerprint density at radius 1 is 1.03 bits per heavy atom. The van der Waals surface area contributed by atoms with E-state index in [9.17, 15) is 4.79 Å². The molecule has 0 saturated carbocycles. The molecule has 7 heteroatoms. The molecular formula is C22H15ClN4O2. The smallest absolute Gasteiger partial charge is 0.323 e. The van der Waals surface area contributed by atoms with Gasteiger partial charge in [-0.25, -0.2) is 9.64 Å². The van der Waals surface area contributed by atoms with Gasteiger partial charge in [-0.3, -0.25) is 0 Å². The van der Waals surface area contributed by atoms with Crippen molar-refractivity contribution in [1.29, 1.82) is 5.26 Å². The van der Waals surface area contributed by atoms with Gasteiger partial charge in [0, 0.05) is 17.4 Å². The Labute approximate surface area is 173 Å². The summed E-state index contributed by atoms with van der Waals surface area (Å²) >= 11 is 6.19. The van der Waals surface area contributed by atoms with Crippen molar-refractivity contribution in [2.45, 2.75) is 6.42 Å². The molecule has 3 aromatic rings. The Bertz CT molecular complexity index is 1100. The summed E-state index contributed by atoms with van der Waals surface area (Å²) in [5.74, 6) is 0.902. The van der Waals surface area contributed by atoms with Gasteiger partial charge in [-0.15, -0.1) is 0 Å². The number of hydrogen-bond acceptors (Lipinski definition) is 3. The van der Waals surface area contributed by atoms with Crippen LogP contribution in [0.2, 0.25) is 5.02 Å². The number of hydrogen-bond donors (Lipinski definition) is 2. The van der Waals surface area contributed by atoms with Crippen molar-refractivity contribution in [2.24, 2.45) is 0 Å². The Morgan fingerprint density at radius 2 is 1.69 bits per heavy atom. The fraction of sp³-hybridized carbons (Fsp3) is 0.0455. The van der Waals surface area contributed by atoms with Crippen LogP contribution in [0.4, 0.5) is 21.9 Å². The second-order valence-electron chi connectivity index (χ2n) is 5.96. The molecule has 2 N–H and O–H groups in total. The minimum absolute atomic E-state index is 0.320. The molecule has 0 radical (unpaired) electrons. The van der Waals surface area contributed by atoms with Gasteiger partial charge >= 0.3 is 6.03 Å². The summed E-state index contributed by atoms with van der Waals surface area (Å²) in [6.45, 7) is 6.98. The van der Waals surface area contributed by atoms with E-state index in [0.29, 0.717) is 40.0 Å². The highest BCUT2D eigenvalue weighted by Gasteiger charge is 2.08. The van der Waals surface area contributed by atoms with E-state index in [-0.39, 0.29) is 0 Å². The minimum Gasteiger partial charge on any atom is -0.456 e. The summed E-state index contributed by atoms with van der Waals surface area (Å²) in [6.07, 6.45) is 0.320. The second kappa shape index (κ2) is 9.27. The molecule has 3 rings (SSSR count). The SMILES string of the molecule is [C-]#[N+]c1ccc(Oc2cc(NC(=O)Nc3ccc(CC#N)cc3)ccc2Cl)cc1. The molecule has 6 nitrogen and oxygen atoms in total. The van der Waals surface area contributed by atoms with E-state index < -0.39 is 6.03 Å². The van der Waals surface area contributed by atoms with E-state index in [0.717, 1.165) is 5.56 Å². The molecule has 0 aliphatic heterocycles. The molecule has 3 aromatic carbocycles. The first kappa shape index (κ1) is 19.8. The van der Waals surface area contributed by atoms with E-state index >= 15 is 0 Å². The lowest BCUT2D eigenvalue weighted by Crippen LogP contribution is -2.19. The molecule has 0 heterocycles. The number of nitriles is 1. The van der Waals surface area contributed by atoms with Gasteiger partial charge in [0.2, 0.25) is 0 Å². The number of nitrogens with zero attached hydrogens (tertiary/aromatic N) is 2. The van der Waals surface area contributed by atoms with Crippen LogP contribution in [0.15, 0.2) is 66.7 Å². The fourth-order valence-corrected chi connectivity index (χ4v) is 2.62. The Kier molecular flexibility index (Phi) is 6.32. The van der Waals surface area contributed by atoms with Crippen LogP contribution in [-0.4, -0.2) is 6.03 Å². The lowest BCUT2D eigenvalue weighted by Gasteiger charge is -2.12.